The molecular weight excluding hydrogens is 296 g/mol. The SMILES string of the molecule is O=C(NC1CCCCCCC1)[C@@H](Cc1ccccc1)n1cccc1. The first-order valence-electron chi connectivity index (χ1n) is 9.30. The Kier molecular flexibility index (Phi) is 6.11. The van der Waals surface area contributed by atoms with E-state index < -0.39 is 0 Å². The molecule has 1 N–H and O–H groups in total. The van der Waals surface area contributed by atoms with E-state index in [4.69, 9.17) is 0 Å². The number of nitrogens with zero attached hydrogens (tertiary/aromatic N) is 1. The van der Waals surface area contributed by atoms with Crippen LogP contribution in [-0.4, -0.2) is 16.5 Å². The maximum atomic E-state index is 13.0. The molecule has 2 aromatic rings. The van der Waals surface area contributed by atoms with E-state index >= 15 is 0 Å². The van der Waals surface area contributed by atoms with Crippen molar-refractivity contribution < 1.29 is 4.79 Å². The lowest BCUT2D eigenvalue weighted by Crippen LogP contribution is -2.40. The molecule has 0 unspecified atom stereocenters. The van der Waals surface area contributed by atoms with Crippen molar-refractivity contribution in [2.45, 2.75) is 63.5 Å². The number of nitrogens with one attached hydrogen (secondary N) is 1. The van der Waals surface area contributed by atoms with Crippen LogP contribution < -0.4 is 5.32 Å². The van der Waals surface area contributed by atoms with Crippen LogP contribution in [0.2, 0.25) is 0 Å². The van der Waals surface area contributed by atoms with Crippen LogP contribution in [0.5, 0.6) is 0 Å². The third-order valence-corrected chi connectivity index (χ3v) is 5.01. The zero-order valence-electron chi connectivity index (χ0n) is 14.4. The summed E-state index contributed by atoms with van der Waals surface area (Å²) in [5.41, 5.74) is 1.20. The van der Waals surface area contributed by atoms with Gasteiger partial charge in [0.2, 0.25) is 5.91 Å². The van der Waals surface area contributed by atoms with Crippen molar-refractivity contribution in [3.05, 3.63) is 60.4 Å². The normalized spacial score (nSPS) is 17.7. The number of hydrogen-bond donors (Lipinski definition) is 1. The summed E-state index contributed by atoms with van der Waals surface area (Å²) in [4.78, 5) is 13.0. The molecule has 0 saturated heterocycles. The van der Waals surface area contributed by atoms with E-state index in [-0.39, 0.29) is 11.9 Å². The van der Waals surface area contributed by atoms with Crippen LogP contribution in [0, 0.1) is 0 Å². The van der Waals surface area contributed by atoms with Crippen LogP contribution in [0.15, 0.2) is 54.9 Å². The van der Waals surface area contributed by atoms with Gasteiger partial charge in [0.15, 0.2) is 0 Å². The van der Waals surface area contributed by atoms with E-state index in [9.17, 15) is 4.79 Å². The molecule has 1 aliphatic rings. The van der Waals surface area contributed by atoms with Gasteiger partial charge in [-0.15, -0.1) is 0 Å². The maximum absolute atomic E-state index is 13.0. The number of benzene rings is 1. The van der Waals surface area contributed by atoms with Crippen molar-refractivity contribution in [3.8, 4) is 0 Å². The molecule has 1 aliphatic carbocycles. The second kappa shape index (κ2) is 8.72. The zero-order valence-corrected chi connectivity index (χ0v) is 14.4. The van der Waals surface area contributed by atoms with Crippen LogP contribution in [-0.2, 0) is 11.2 Å². The fourth-order valence-electron chi connectivity index (χ4n) is 3.62. The quantitative estimate of drug-likeness (QED) is 0.863. The summed E-state index contributed by atoms with van der Waals surface area (Å²) in [6, 6.07) is 14.4. The summed E-state index contributed by atoms with van der Waals surface area (Å²) in [5, 5.41) is 3.34. The van der Waals surface area contributed by atoms with Gasteiger partial charge in [-0.25, -0.2) is 0 Å². The van der Waals surface area contributed by atoms with Gasteiger partial charge in [-0.1, -0.05) is 62.4 Å². The minimum atomic E-state index is -0.173. The second-order valence-electron chi connectivity index (χ2n) is 6.89. The number of hydrogen-bond acceptors (Lipinski definition) is 1. The Balaban J connectivity index is 1.68. The van der Waals surface area contributed by atoms with Gasteiger partial charge >= 0.3 is 0 Å². The lowest BCUT2D eigenvalue weighted by molar-refractivity contribution is -0.125. The Morgan fingerprint density at radius 2 is 1.58 bits per heavy atom. The van der Waals surface area contributed by atoms with Gasteiger partial charge in [-0.3, -0.25) is 4.79 Å². The standard InChI is InChI=1S/C21H28N2O/c24-21(22-19-13-7-2-1-3-8-14-19)20(23-15-9-10-16-23)17-18-11-5-4-6-12-18/h4-6,9-12,15-16,19-20H,1-3,7-8,13-14,17H2,(H,22,24)/t20-/m1/s1. The third-order valence-electron chi connectivity index (χ3n) is 5.01. The van der Waals surface area contributed by atoms with Crippen molar-refractivity contribution in [3.63, 3.8) is 0 Å². The largest absolute Gasteiger partial charge is 0.352 e. The first kappa shape index (κ1) is 16.8. The van der Waals surface area contributed by atoms with E-state index in [1.807, 2.05) is 47.3 Å². The lowest BCUT2D eigenvalue weighted by atomic mass is 9.96. The van der Waals surface area contributed by atoms with E-state index in [1.165, 1.54) is 37.7 Å². The van der Waals surface area contributed by atoms with Crippen molar-refractivity contribution in [2.75, 3.05) is 0 Å². The van der Waals surface area contributed by atoms with E-state index in [0.717, 1.165) is 19.3 Å². The summed E-state index contributed by atoms with van der Waals surface area (Å²) in [7, 11) is 0. The van der Waals surface area contributed by atoms with Crippen molar-refractivity contribution >= 4 is 5.91 Å². The van der Waals surface area contributed by atoms with Gasteiger partial charge in [-0.05, 0) is 30.5 Å². The predicted octanol–water partition coefficient (Wildman–Crippen LogP) is 4.50. The van der Waals surface area contributed by atoms with E-state index in [0.29, 0.717) is 6.04 Å². The highest BCUT2D eigenvalue weighted by Gasteiger charge is 2.23. The average Bonchev–Trinajstić information content (AvgIpc) is 3.10. The zero-order chi connectivity index (χ0) is 16.6. The average molecular weight is 324 g/mol. The maximum Gasteiger partial charge on any atom is 0.243 e. The monoisotopic (exact) mass is 324 g/mol. The van der Waals surface area contributed by atoms with Crippen molar-refractivity contribution in [2.24, 2.45) is 0 Å². The molecular formula is C21H28N2O. The first-order chi connectivity index (χ1) is 11.8. The van der Waals surface area contributed by atoms with Gasteiger partial charge in [0.1, 0.15) is 6.04 Å². The molecule has 0 radical (unpaired) electrons. The molecule has 1 fully saturated rings. The Bertz CT molecular complexity index is 598. The molecule has 0 aliphatic heterocycles. The molecule has 1 aromatic carbocycles. The molecule has 1 aromatic heterocycles. The van der Waals surface area contributed by atoms with Crippen LogP contribution in [0.1, 0.15) is 56.6 Å². The molecule has 0 bridgehead atoms. The number of aromatic nitrogens is 1. The summed E-state index contributed by atoms with van der Waals surface area (Å²) in [6.07, 6.45) is 13.4. The summed E-state index contributed by atoms with van der Waals surface area (Å²) >= 11 is 0. The Morgan fingerprint density at radius 3 is 2.25 bits per heavy atom. The van der Waals surface area contributed by atoms with E-state index in [2.05, 4.69) is 17.4 Å². The van der Waals surface area contributed by atoms with Gasteiger partial charge < -0.3 is 9.88 Å². The number of rotatable bonds is 5. The van der Waals surface area contributed by atoms with Crippen LogP contribution in [0.25, 0.3) is 0 Å². The smallest absolute Gasteiger partial charge is 0.243 e. The van der Waals surface area contributed by atoms with Crippen molar-refractivity contribution in [1.29, 1.82) is 0 Å². The molecule has 1 heterocycles. The Hall–Kier alpha value is -2.03. The van der Waals surface area contributed by atoms with Crippen LogP contribution in [0.4, 0.5) is 0 Å². The highest BCUT2D eigenvalue weighted by Crippen LogP contribution is 2.20. The minimum Gasteiger partial charge on any atom is -0.352 e. The van der Waals surface area contributed by atoms with Crippen molar-refractivity contribution in [1.82, 2.24) is 9.88 Å². The molecule has 1 amide bonds. The number of amides is 1. The Labute approximate surface area is 145 Å². The second-order valence-corrected chi connectivity index (χ2v) is 6.89. The van der Waals surface area contributed by atoms with Gasteiger partial charge in [0, 0.05) is 24.9 Å². The molecule has 0 spiro atoms. The molecule has 1 atom stereocenters. The predicted molar refractivity (Wildman–Crippen MR) is 97.9 cm³/mol. The topological polar surface area (TPSA) is 34.0 Å². The van der Waals surface area contributed by atoms with Crippen LogP contribution >= 0.6 is 0 Å². The summed E-state index contributed by atoms with van der Waals surface area (Å²) in [6.45, 7) is 0. The highest BCUT2D eigenvalue weighted by molar-refractivity contribution is 5.81. The Morgan fingerprint density at radius 1 is 0.958 bits per heavy atom. The summed E-state index contributed by atoms with van der Waals surface area (Å²) in [5.74, 6) is 0.153. The molecule has 1 saturated carbocycles. The van der Waals surface area contributed by atoms with Gasteiger partial charge in [-0.2, -0.15) is 0 Å². The summed E-state index contributed by atoms with van der Waals surface area (Å²) < 4.78 is 2.03. The van der Waals surface area contributed by atoms with Crippen LogP contribution in [0.3, 0.4) is 0 Å². The minimum absolute atomic E-state index is 0.153. The molecule has 24 heavy (non-hydrogen) atoms. The molecule has 3 rings (SSSR count). The first-order valence-corrected chi connectivity index (χ1v) is 9.30. The van der Waals surface area contributed by atoms with Gasteiger partial charge in [0.05, 0.1) is 0 Å². The fraction of sp³-hybridized carbons (Fsp3) is 0.476. The lowest BCUT2D eigenvalue weighted by Gasteiger charge is -2.25. The molecule has 3 heteroatoms. The number of carbonyl (C=O) groups excluding carboxylic acids is 1. The molecule has 128 valence electrons. The number of carbonyl (C=O) groups is 1. The molecule has 3 nitrogen and oxygen atoms in total. The third kappa shape index (κ3) is 4.73. The highest BCUT2D eigenvalue weighted by atomic mass is 16.2. The van der Waals surface area contributed by atoms with Gasteiger partial charge in [0.25, 0.3) is 0 Å². The van der Waals surface area contributed by atoms with E-state index in [1.54, 1.807) is 0 Å². The fourth-order valence-corrected chi connectivity index (χ4v) is 3.62.